The van der Waals surface area contributed by atoms with E-state index < -0.39 is 15.9 Å². The predicted octanol–water partition coefficient (Wildman–Crippen LogP) is 4.26. The van der Waals surface area contributed by atoms with Gasteiger partial charge in [-0.3, -0.25) is 14.3 Å². The van der Waals surface area contributed by atoms with E-state index in [4.69, 9.17) is 4.74 Å². The van der Waals surface area contributed by atoms with Crippen LogP contribution in [0.2, 0.25) is 0 Å². The second-order valence-corrected chi connectivity index (χ2v) is 8.58. The summed E-state index contributed by atoms with van der Waals surface area (Å²) in [4.78, 5) is 24.3. The van der Waals surface area contributed by atoms with Crippen molar-refractivity contribution in [3.63, 3.8) is 0 Å². The smallest absolute Gasteiger partial charge is 0.261 e. The molecule has 0 fully saturated rings. The van der Waals surface area contributed by atoms with Gasteiger partial charge in [0.1, 0.15) is 5.75 Å². The molecule has 8 heteroatoms. The highest BCUT2D eigenvalue weighted by atomic mass is 32.2. The number of sulfonamides is 1. The van der Waals surface area contributed by atoms with Crippen LogP contribution in [0, 0.1) is 6.92 Å². The topological polar surface area (TPSA) is 102 Å². The van der Waals surface area contributed by atoms with Crippen molar-refractivity contribution in [2.24, 2.45) is 0 Å². The van der Waals surface area contributed by atoms with E-state index in [0.29, 0.717) is 28.3 Å². The molecule has 3 aromatic rings. The molecule has 0 heterocycles. The Morgan fingerprint density at radius 1 is 0.903 bits per heavy atom. The molecule has 7 nitrogen and oxygen atoms in total. The number of benzene rings is 3. The van der Waals surface area contributed by atoms with E-state index in [2.05, 4.69) is 10.0 Å². The zero-order valence-corrected chi connectivity index (χ0v) is 18.1. The first-order valence-corrected chi connectivity index (χ1v) is 10.9. The van der Waals surface area contributed by atoms with E-state index >= 15 is 0 Å². The number of nitrogens with one attached hydrogen (secondary N) is 2. The van der Waals surface area contributed by atoms with E-state index in [0.717, 1.165) is 0 Å². The van der Waals surface area contributed by atoms with Gasteiger partial charge in [-0.05, 0) is 67.9 Å². The van der Waals surface area contributed by atoms with Crippen molar-refractivity contribution in [2.75, 3.05) is 17.1 Å². The van der Waals surface area contributed by atoms with E-state index in [1.54, 1.807) is 55.5 Å². The molecule has 3 aromatic carbocycles. The minimum absolute atomic E-state index is 0.0728. The highest BCUT2D eigenvalue weighted by molar-refractivity contribution is 7.92. The molecule has 0 saturated carbocycles. The number of rotatable bonds is 7. The zero-order valence-electron chi connectivity index (χ0n) is 17.3. The Balaban J connectivity index is 1.83. The van der Waals surface area contributed by atoms with Crippen LogP contribution in [0.1, 0.15) is 33.2 Å². The Morgan fingerprint density at radius 2 is 1.61 bits per heavy atom. The zero-order chi connectivity index (χ0) is 22.6. The number of ketones is 1. The average molecular weight is 439 g/mol. The molecule has 1 amide bonds. The summed E-state index contributed by atoms with van der Waals surface area (Å²) in [7, 11) is -2.35. The van der Waals surface area contributed by atoms with Crippen molar-refractivity contribution in [1.29, 1.82) is 0 Å². The maximum atomic E-state index is 12.7. The number of carbonyl (C=O) groups is 2. The largest absolute Gasteiger partial charge is 0.497 e. The molecule has 31 heavy (non-hydrogen) atoms. The third-order valence-corrected chi connectivity index (χ3v) is 6.02. The second kappa shape index (κ2) is 9.01. The molecule has 0 bridgehead atoms. The number of hydrogen-bond donors (Lipinski definition) is 2. The highest BCUT2D eigenvalue weighted by Crippen LogP contribution is 2.23. The number of methoxy groups -OCH3 is 1. The van der Waals surface area contributed by atoms with E-state index in [1.165, 1.54) is 32.2 Å². The Labute approximate surface area is 181 Å². The molecule has 0 aromatic heterocycles. The first-order valence-electron chi connectivity index (χ1n) is 9.39. The number of Topliss-reactive ketones (excluding diaryl/α,β-unsaturated/α-hetero) is 1. The SMILES string of the molecule is COc1ccc(S(=O)(=O)Nc2cc(C(=O)Nc3cccc(C(C)=O)c3)ccc2C)cc1. The fourth-order valence-corrected chi connectivity index (χ4v) is 3.97. The second-order valence-electron chi connectivity index (χ2n) is 6.90. The Kier molecular flexibility index (Phi) is 6.41. The fraction of sp³-hybridized carbons (Fsp3) is 0.130. The van der Waals surface area contributed by atoms with Crippen LogP contribution in [0.25, 0.3) is 0 Å². The van der Waals surface area contributed by atoms with Gasteiger partial charge < -0.3 is 10.1 Å². The summed E-state index contributed by atoms with van der Waals surface area (Å²) >= 11 is 0. The molecule has 0 aliphatic rings. The number of ether oxygens (including phenoxy) is 1. The summed E-state index contributed by atoms with van der Waals surface area (Å²) in [5.41, 5.74) is 2.17. The van der Waals surface area contributed by atoms with Gasteiger partial charge in [0.2, 0.25) is 0 Å². The van der Waals surface area contributed by atoms with Gasteiger partial charge in [0.05, 0.1) is 17.7 Å². The number of hydrogen-bond acceptors (Lipinski definition) is 5. The average Bonchev–Trinajstić information content (AvgIpc) is 2.75. The van der Waals surface area contributed by atoms with Gasteiger partial charge in [0, 0.05) is 16.8 Å². The first-order chi connectivity index (χ1) is 14.7. The maximum absolute atomic E-state index is 12.7. The normalized spacial score (nSPS) is 10.9. The standard InChI is InChI=1S/C23H22N2O5S/c1-15-7-8-18(23(27)24-19-6-4-5-17(13-19)16(2)26)14-22(15)25-31(28,29)21-11-9-20(30-3)10-12-21/h4-14,25H,1-3H3,(H,24,27). The summed E-state index contributed by atoms with van der Waals surface area (Å²) < 4.78 is 33.1. The molecule has 0 spiro atoms. The molecule has 0 atom stereocenters. The Morgan fingerprint density at radius 3 is 2.26 bits per heavy atom. The highest BCUT2D eigenvalue weighted by Gasteiger charge is 2.17. The van der Waals surface area contributed by atoms with Crippen molar-refractivity contribution in [3.05, 3.63) is 83.4 Å². The molecule has 0 aliphatic heterocycles. The van der Waals surface area contributed by atoms with Gasteiger partial charge in [0.15, 0.2) is 5.78 Å². The lowest BCUT2D eigenvalue weighted by Crippen LogP contribution is -2.16. The van der Waals surface area contributed by atoms with Gasteiger partial charge in [-0.15, -0.1) is 0 Å². The van der Waals surface area contributed by atoms with E-state index in [1.807, 2.05) is 0 Å². The molecule has 0 radical (unpaired) electrons. The van der Waals surface area contributed by atoms with Crippen LogP contribution in [0.4, 0.5) is 11.4 Å². The lowest BCUT2D eigenvalue weighted by molar-refractivity contribution is 0.101. The quantitative estimate of drug-likeness (QED) is 0.537. The van der Waals surface area contributed by atoms with Gasteiger partial charge in [-0.25, -0.2) is 8.42 Å². The third-order valence-electron chi connectivity index (χ3n) is 4.64. The van der Waals surface area contributed by atoms with Crippen LogP contribution in [0.3, 0.4) is 0 Å². The van der Waals surface area contributed by atoms with Gasteiger partial charge >= 0.3 is 0 Å². The number of anilines is 2. The number of amides is 1. The lowest BCUT2D eigenvalue weighted by atomic mass is 10.1. The van der Waals surface area contributed by atoms with Gasteiger partial charge in [-0.2, -0.15) is 0 Å². The third kappa shape index (κ3) is 5.29. The lowest BCUT2D eigenvalue weighted by Gasteiger charge is -2.13. The Bertz CT molecular complexity index is 1240. The van der Waals surface area contributed by atoms with Crippen molar-refractivity contribution in [2.45, 2.75) is 18.7 Å². The van der Waals surface area contributed by atoms with Crippen molar-refractivity contribution < 1.29 is 22.7 Å². The first kappa shape index (κ1) is 22.0. The van der Waals surface area contributed by atoms with Crippen LogP contribution in [0.15, 0.2) is 71.6 Å². The molecular formula is C23H22N2O5S. The van der Waals surface area contributed by atoms with Gasteiger partial charge in [-0.1, -0.05) is 18.2 Å². The van der Waals surface area contributed by atoms with E-state index in [-0.39, 0.29) is 16.2 Å². The summed E-state index contributed by atoms with van der Waals surface area (Å²) in [6.07, 6.45) is 0. The van der Waals surface area contributed by atoms with Crippen LogP contribution in [-0.2, 0) is 10.0 Å². The molecule has 0 aliphatic carbocycles. The molecular weight excluding hydrogens is 416 g/mol. The summed E-state index contributed by atoms with van der Waals surface area (Å²) in [6, 6.07) is 17.3. The summed E-state index contributed by atoms with van der Waals surface area (Å²) in [6.45, 7) is 3.19. The minimum Gasteiger partial charge on any atom is -0.497 e. The molecule has 0 unspecified atom stereocenters. The predicted molar refractivity (Wildman–Crippen MR) is 119 cm³/mol. The summed E-state index contributed by atoms with van der Waals surface area (Å²) in [5, 5.41) is 2.73. The Hall–Kier alpha value is -3.65. The molecule has 0 saturated heterocycles. The molecule has 2 N–H and O–H groups in total. The van der Waals surface area contributed by atoms with Crippen molar-refractivity contribution >= 4 is 33.1 Å². The van der Waals surface area contributed by atoms with Crippen LogP contribution in [0.5, 0.6) is 5.75 Å². The number of aryl methyl sites for hydroxylation is 1. The van der Waals surface area contributed by atoms with Crippen LogP contribution in [-0.4, -0.2) is 27.2 Å². The summed E-state index contributed by atoms with van der Waals surface area (Å²) in [5.74, 6) is 0.00917. The van der Waals surface area contributed by atoms with Crippen molar-refractivity contribution in [1.82, 2.24) is 0 Å². The van der Waals surface area contributed by atoms with Crippen LogP contribution < -0.4 is 14.8 Å². The fourth-order valence-electron chi connectivity index (χ4n) is 2.85. The van der Waals surface area contributed by atoms with E-state index in [9.17, 15) is 18.0 Å². The minimum atomic E-state index is -3.85. The number of carbonyl (C=O) groups excluding carboxylic acids is 2. The van der Waals surface area contributed by atoms with Crippen LogP contribution >= 0.6 is 0 Å². The van der Waals surface area contributed by atoms with Crippen molar-refractivity contribution in [3.8, 4) is 5.75 Å². The van der Waals surface area contributed by atoms with Gasteiger partial charge in [0.25, 0.3) is 15.9 Å². The maximum Gasteiger partial charge on any atom is 0.261 e. The monoisotopic (exact) mass is 438 g/mol. The molecule has 3 rings (SSSR count). The molecule has 160 valence electrons.